The van der Waals surface area contributed by atoms with Crippen molar-refractivity contribution in [3.8, 4) is 5.75 Å². The molecule has 1 fully saturated rings. The molecule has 1 aromatic carbocycles. The lowest BCUT2D eigenvalue weighted by molar-refractivity contribution is -0.113. The number of ether oxygens (including phenoxy) is 1. The van der Waals surface area contributed by atoms with Crippen molar-refractivity contribution in [3.05, 3.63) is 34.9 Å². The number of benzene rings is 1. The van der Waals surface area contributed by atoms with Gasteiger partial charge in [-0.1, -0.05) is 12.1 Å². The second-order valence-electron chi connectivity index (χ2n) is 5.89. The largest absolute Gasteiger partial charge is 0.493 e. The van der Waals surface area contributed by atoms with Crippen LogP contribution in [0.25, 0.3) is 17.0 Å². The summed E-state index contributed by atoms with van der Waals surface area (Å²) >= 11 is 1.44. The number of hydrogen-bond acceptors (Lipinski definition) is 5. The number of para-hydroxylation sites is 1. The van der Waals surface area contributed by atoms with E-state index in [1.54, 1.807) is 13.2 Å². The fourth-order valence-corrected chi connectivity index (χ4v) is 3.98. The van der Waals surface area contributed by atoms with Crippen molar-refractivity contribution in [2.45, 2.75) is 19.3 Å². The number of amides is 1. The minimum absolute atomic E-state index is 0.187. The number of furan rings is 1. The third-order valence-corrected chi connectivity index (χ3v) is 5.30. The van der Waals surface area contributed by atoms with Crippen LogP contribution in [0, 0.1) is 0 Å². The zero-order valence-corrected chi connectivity index (χ0v) is 14.3. The van der Waals surface area contributed by atoms with Crippen LogP contribution in [0.5, 0.6) is 5.75 Å². The Morgan fingerprint density at radius 1 is 1.29 bits per heavy atom. The molecule has 0 saturated carbocycles. The summed E-state index contributed by atoms with van der Waals surface area (Å²) in [7, 11) is 1.62. The summed E-state index contributed by atoms with van der Waals surface area (Å²) in [5, 5.41) is 1.77. The summed E-state index contributed by atoms with van der Waals surface area (Å²) in [5.41, 5.74) is 0.694. The van der Waals surface area contributed by atoms with Gasteiger partial charge in [0.25, 0.3) is 5.91 Å². The van der Waals surface area contributed by atoms with Crippen LogP contribution >= 0.6 is 11.8 Å². The van der Waals surface area contributed by atoms with Gasteiger partial charge in [0.1, 0.15) is 5.76 Å². The van der Waals surface area contributed by atoms with E-state index in [0.717, 1.165) is 36.5 Å². The van der Waals surface area contributed by atoms with E-state index in [0.29, 0.717) is 22.0 Å². The maximum atomic E-state index is 12.2. The number of amidine groups is 1. The standard InChI is InChI=1S/C18H18N2O3S/c1-22-14-7-5-6-12-10-13(23-16(12)14)11-15-17(21)19-18(24-15)20-8-3-2-4-9-20/h5-7,10-11H,2-4,8-9H2,1H3/b15-11-. The SMILES string of the molecule is COc1cccc2cc(/C=C3\SC(N4CCCCC4)=NC3=O)oc12. The van der Waals surface area contributed by atoms with Crippen molar-refractivity contribution in [1.82, 2.24) is 4.90 Å². The summed E-state index contributed by atoms with van der Waals surface area (Å²) in [5.74, 6) is 1.14. The molecule has 0 atom stereocenters. The topological polar surface area (TPSA) is 55.0 Å². The fraction of sp³-hybridized carbons (Fsp3) is 0.333. The molecule has 1 aromatic heterocycles. The first-order valence-corrected chi connectivity index (χ1v) is 8.90. The van der Waals surface area contributed by atoms with Crippen LogP contribution in [0.2, 0.25) is 0 Å². The molecule has 5 nitrogen and oxygen atoms in total. The van der Waals surface area contributed by atoms with Crippen LogP contribution in [0.1, 0.15) is 25.0 Å². The molecule has 0 bridgehead atoms. The van der Waals surface area contributed by atoms with Gasteiger partial charge in [0.2, 0.25) is 0 Å². The molecular formula is C18H18N2O3S. The maximum absolute atomic E-state index is 12.2. The molecule has 0 radical (unpaired) electrons. The van der Waals surface area contributed by atoms with Crippen molar-refractivity contribution in [1.29, 1.82) is 0 Å². The average molecular weight is 342 g/mol. The van der Waals surface area contributed by atoms with Crippen LogP contribution in [0.4, 0.5) is 0 Å². The molecule has 0 aliphatic carbocycles. The Hall–Kier alpha value is -2.21. The van der Waals surface area contributed by atoms with E-state index < -0.39 is 0 Å². The Bertz CT molecular complexity index is 847. The molecule has 2 aliphatic rings. The Morgan fingerprint density at radius 3 is 2.92 bits per heavy atom. The Morgan fingerprint density at radius 2 is 2.12 bits per heavy atom. The predicted molar refractivity (Wildman–Crippen MR) is 96.2 cm³/mol. The number of aliphatic imine (C=N–C) groups is 1. The quantitative estimate of drug-likeness (QED) is 0.775. The molecule has 2 aromatic rings. The highest BCUT2D eigenvalue weighted by atomic mass is 32.2. The van der Waals surface area contributed by atoms with Crippen molar-refractivity contribution >= 4 is 39.9 Å². The average Bonchev–Trinajstić information content (AvgIpc) is 3.19. The number of fused-ring (bicyclic) bond motifs is 1. The van der Waals surface area contributed by atoms with Gasteiger partial charge < -0.3 is 14.1 Å². The molecule has 6 heteroatoms. The predicted octanol–water partition coefficient (Wildman–Crippen LogP) is 3.90. The monoisotopic (exact) mass is 342 g/mol. The third kappa shape index (κ3) is 2.82. The molecule has 0 unspecified atom stereocenters. The van der Waals surface area contributed by atoms with E-state index in [4.69, 9.17) is 9.15 Å². The van der Waals surface area contributed by atoms with Gasteiger partial charge in [0, 0.05) is 24.6 Å². The highest BCUT2D eigenvalue weighted by Gasteiger charge is 2.27. The molecular weight excluding hydrogens is 324 g/mol. The van der Waals surface area contributed by atoms with Gasteiger partial charge in [-0.2, -0.15) is 4.99 Å². The van der Waals surface area contributed by atoms with Gasteiger partial charge in [-0.15, -0.1) is 0 Å². The Balaban J connectivity index is 1.59. The lowest BCUT2D eigenvalue weighted by Crippen LogP contribution is -2.33. The first kappa shape index (κ1) is 15.3. The van der Waals surface area contributed by atoms with E-state index >= 15 is 0 Å². The number of likely N-dealkylation sites (tertiary alicyclic amines) is 1. The van der Waals surface area contributed by atoms with Gasteiger partial charge >= 0.3 is 0 Å². The number of carbonyl (C=O) groups excluding carboxylic acids is 1. The smallest absolute Gasteiger partial charge is 0.286 e. The van der Waals surface area contributed by atoms with Crippen LogP contribution in [-0.2, 0) is 4.79 Å². The van der Waals surface area contributed by atoms with Gasteiger partial charge in [0.05, 0.1) is 12.0 Å². The Labute approximate surface area is 144 Å². The summed E-state index contributed by atoms with van der Waals surface area (Å²) in [6.45, 7) is 1.96. The lowest BCUT2D eigenvalue weighted by atomic mass is 10.1. The second kappa shape index (κ2) is 6.36. The molecule has 3 heterocycles. The Kier molecular flexibility index (Phi) is 4.06. The molecule has 0 spiro atoms. The van der Waals surface area contributed by atoms with Crippen LogP contribution in [0.3, 0.4) is 0 Å². The number of carbonyl (C=O) groups is 1. The molecule has 1 amide bonds. The molecule has 2 aliphatic heterocycles. The zero-order chi connectivity index (χ0) is 16.5. The summed E-state index contributed by atoms with van der Waals surface area (Å²) in [4.78, 5) is 19.2. The van der Waals surface area contributed by atoms with Crippen molar-refractivity contribution in [2.24, 2.45) is 4.99 Å². The number of rotatable bonds is 2. The first-order valence-electron chi connectivity index (χ1n) is 8.08. The molecule has 1 saturated heterocycles. The van der Waals surface area contributed by atoms with E-state index in [-0.39, 0.29) is 5.91 Å². The number of nitrogens with zero attached hydrogens (tertiary/aromatic N) is 2. The van der Waals surface area contributed by atoms with E-state index in [1.165, 1.54) is 18.2 Å². The minimum atomic E-state index is -0.187. The number of piperidine rings is 1. The normalized spacial score (nSPS) is 20.0. The fourth-order valence-electron chi connectivity index (χ4n) is 3.04. The summed E-state index contributed by atoms with van der Waals surface area (Å²) in [6, 6.07) is 7.65. The van der Waals surface area contributed by atoms with Crippen molar-refractivity contribution < 1.29 is 13.9 Å². The highest BCUT2D eigenvalue weighted by Crippen LogP contribution is 2.34. The summed E-state index contributed by atoms with van der Waals surface area (Å²) in [6.07, 6.45) is 5.35. The van der Waals surface area contributed by atoms with Gasteiger partial charge in [-0.25, -0.2) is 0 Å². The molecule has 4 rings (SSSR count). The zero-order valence-electron chi connectivity index (χ0n) is 13.4. The summed E-state index contributed by atoms with van der Waals surface area (Å²) < 4.78 is 11.2. The van der Waals surface area contributed by atoms with Gasteiger partial charge in [0.15, 0.2) is 16.5 Å². The second-order valence-corrected chi connectivity index (χ2v) is 6.89. The minimum Gasteiger partial charge on any atom is -0.493 e. The van der Waals surface area contributed by atoms with Crippen molar-refractivity contribution in [2.75, 3.05) is 20.2 Å². The lowest BCUT2D eigenvalue weighted by Gasteiger charge is -2.27. The highest BCUT2D eigenvalue weighted by molar-refractivity contribution is 8.18. The van der Waals surface area contributed by atoms with Crippen LogP contribution < -0.4 is 4.74 Å². The number of hydrogen-bond donors (Lipinski definition) is 0. The van der Waals surface area contributed by atoms with Gasteiger partial charge in [-0.05, 0) is 43.2 Å². The molecule has 0 N–H and O–H groups in total. The molecule has 24 heavy (non-hydrogen) atoms. The van der Waals surface area contributed by atoms with E-state index in [1.807, 2.05) is 24.3 Å². The number of methoxy groups -OCH3 is 1. The first-order chi connectivity index (χ1) is 11.7. The maximum Gasteiger partial charge on any atom is 0.286 e. The van der Waals surface area contributed by atoms with Crippen LogP contribution in [-0.4, -0.2) is 36.2 Å². The van der Waals surface area contributed by atoms with E-state index in [9.17, 15) is 4.79 Å². The van der Waals surface area contributed by atoms with Gasteiger partial charge in [-0.3, -0.25) is 4.79 Å². The van der Waals surface area contributed by atoms with Crippen molar-refractivity contribution in [3.63, 3.8) is 0 Å². The molecule has 124 valence electrons. The number of thioether (sulfide) groups is 1. The third-order valence-electron chi connectivity index (χ3n) is 4.26. The van der Waals surface area contributed by atoms with E-state index in [2.05, 4.69) is 9.89 Å². The van der Waals surface area contributed by atoms with Crippen LogP contribution in [0.15, 0.2) is 38.6 Å².